The van der Waals surface area contributed by atoms with Crippen molar-refractivity contribution in [3.05, 3.63) is 142 Å². The van der Waals surface area contributed by atoms with Gasteiger partial charge in [0.2, 0.25) is 0 Å². The maximum Gasteiger partial charge on any atom is 0.118 e. The van der Waals surface area contributed by atoms with Crippen molar-refractivity contribution in [3.8, 4) is 11.5 Å². The second-order valence-electron chi connectivity index (χ2n) is 8.19. The molecule has 0 unspecified atom stereocenters. The molecular formula is C32H28O2. The molecule has 0 amide bonds. The first kappa shape index (κ1) is 23.0. The summed E-state index contributed by atoms with van der Waals surface area (Å²) in [6.07, 6.45) is 0. The molecule has 0 fully saturated rings. The van der Waals surface area contributed by atoms with Gasteiger partial charge in [-0.3, -0.25) is 0 Å². The molecule has 0 radical (unpaired) electrons. The van der Waals surface area contributed by atoms with Crippen molar-refractivity contribution in [2.24, 2.45) is 0 Å². The number of hydrogen-bond donors (Lipinski definition) is 0. The summed E-state index contributed by atoms with van der Waals surface area (Å²) in [6.45, 7) is 4.19. The fourth-order valence-corrected chi connectivity index (χ4v) is 3.70. The zero-order valence-corrected chi connectivity index (χ0v) is 20.1. The van der Waals surface area contributed by atoms with Gasteiger partial charge < -0.3 is 9.47 Å². The first-order valence-electron chi connectivity index (χ1n) is 11.3. The van der Waals surface area contributed by atoms with Crippen molar-refractivity contribution in [1.82, 2.24) is 0 Å². The van der Waals surface area contributed by atoms with E-state index in [4.69, 9.17) is 9.47 Å². The van der Waals surface area contributed by atoms with Gasteiger partial charge in [-0.1, -0.05) is 95.4 Å². The van der Waals surface area contributed by atoms with Gasteiger partial charge in [-0.25, -0.2) is 0 Å². The van der Waals surface area contributed by atoms with Gasteiger partial charge in [0.05, 0.1) is 14.2 Å². The Balaban J connectivity index is 1.98. The van der Waals surface area contributed by atoms with E-state index < -0.39 is 0 Å². The van der Waals surface area contributed by atoms with E-state index in [1.807, 2.05) is 48.5 Å². The molecule has 0 saturated carbocycles. The lowest BCUT2D eigenvalue weighted by Gasteiger charge is -2.09. The third kappa shape index (κ3) is 5.39. The van der Waals surface area contributed by atoms with E-state index in [1.54, 1.807) is 14.2 Å². The van der Waals surface area contributed by atoms with E-state index in [-0.39, 0.29) is 0 Å². The molecule has 0 aliphatic rings. The van der Waals surface area contributed by atoms with E-state index in [9.17, 15) is 0 Å². The fraction of sp³-hybridized carbons (Fsp3) is 0.125. The minimum absolute atomic E-state index is 0.817. The molecular weight excluding hydrogens is 416 g/mol. The molecule has 4 rings (SSSR count). The van der Waals surface area contributed by atoms with Crippen molar-refractivity contribution in [2.75, 3.05) is 14.2 Å². The molecule has 0 aliphatic heterocycles. The Morgan fingerprint density at radius 1 is 0.441 bits per heavy atom. The van der Waals surface area contributed by atoms with Crippen LogP contribution in [0.3, 0.4) is 0 Å². The smallest absolute Gasteiger partial charge is 0.118 e. The summed E-state index contributed by atoms with van der Waals surface area (Å²) in [5.41, 5.74) is 15.7. The van der Waals surface area contributed by atoms with Crippen molar-refractivity contribution in [3.63, 3.8) is 0 Å². The lowest BCUT2D eigenvalue weighted by atomic mass is 9.96. The van der Waals surface area contributed by atoms with Gasteiger partial charge in [-0.15, -0.1) is 0 Å². The average molecular weight is 445 g/mol. The number of aryl methyl sites for hydroxylation is 2. The van der Waals surface area contributed by atoms with Gasteiger partial charge in [0.1, 0.15) is 11.5 Å². The summed E-state index contributed by atoms with van der Waals surface area (Å²) < 4.78 is 10.7. The number of rotatable bonds is 6. The topological polar surface area (TPSA) is 18.5 Å². The van der Waals surface area contributed by atoms with Crippen molar-refractivity contribution < 1.29 is 9.47 Å². The van der Waals surface area contributed by atoms with Crippen LogP contribution in [0.15, 0.2) is 109 Å². The van der Waals surface area contributed by atoms with Crippen LogP contribution in [0.4, 0.5) is 0 Å². The first-order valence-corrected chi connectivity index (χ1v) is 11.3. The van der Waals surface area contributed by atoms with Gasteiger partial charge >= 0.3 is 0 Å². The molecule has 0 spiro atoms. The molecule has 4 aromatic carbocycles. The molecule has 0 N–H and O–H groups in total. The standard InChI is InChI=1S/C32H28O2/c1-23-5-9-25(10-6-23)31(26-11-7-24(2)8-12-26)21-22-32(27-13-17-29(33-3)18-14-27)28-15-19-30(34-4)20-16-28/h5-20H,1-4H3. The highest BCUT2D eigenvalue weighted by Crippen LogP contribution is 2.27. The predicted molar refractivity (Wildman–Crippen MR) is 140 cm³/mol. The second kappa shape index (κ2) is 10.6. The summed E-state index contributed by atoms with van der Waals surface area (Å²) in [5, 5.41) is 0. The molecule has 0 heterocycles. The molecule has 0 atom stereocenters. The minimum atomic E-state index is 0.817. The Bertz CT molecular complexity index is 1250. The van der Waals surface area contributed by atoms with Gasteiger partial charge in [0, 0.05) is 11.1 Å². The quantitative estimate of drug-likeness (QED) is 0.285. The lowest BCUT2D eigenvalue weighted by molar-refractivity contribution is 0.414. The second-order valence-corrected chi connectivity index (χ2v) is 8.19. The maximum absolute atomic E-state index is 5.35. The van der Waals surface area contributed by atoms with Crippen molar-refractivity contribution in [2.45, 2.75) is 13.8 Å². The Hall–Kier alpha value is -4.22. The molecule has 34 heavy (non-hydrogen) atoms. The Labute approximate surface area is 202 Å². The highest BCUT2D eigenvalue weighted by atomic mass is 16.5. The maximum atomic E-state index is 5.35. The predicted octanol–water partition coefficient (Wildman–Crippen LogP) is 7.64. The minimum Gasteiger partial charge on any atom is -0.497 e. The number of hydrogen-bond acceptors (Lipinski definition) is 2. The first-order chi connectivity index (χ1) is 16.6. The molecule has 168 valence electrons. The lowest BCUT2D eigenvalue weighted by Crippen LogP contribution is -1.90. The molecule has 4 aromatic rings. The summed E-state index contributed by atoms with van der Waals surface area (Å²) in [5.74, 6) is 1.63. The van der Waals surface area contributed by atoms with Gasteiger partial charge in [0.25, 0.3) is 0 Å². The summed E-state index contributed by atoms with van der Waals surface area (Å²) in [4.78, 5) is 0. The van der Waals surface area contributed by atoms with Crippen molar-refractivity contribution in [1.29, 1.82) is 0 Å². The van der Waals surface area contributed by atoms with E-state index >= 15 is 0 Å². The summed E-state index contributed by atoms with van der Waals surface area (Å²) in [7, 11) is 3.35. The third-order valence-electron chi connectivity index (χ3n) is 5.75. The molecule has 0 bridgehead atoms. The molecule has 0 aliphatic carbocycles. The number of ether oxygens (including phenoxy) is 2. The van der Waals surface area contributed by atoms with E-state index in [0.717, 1.165) is 44.9 Å². The largest absolute Gasteiger partial charge is 0.497 e. The van der Waals surface area contributed by atoms with E-state index in [2.05, 4.69) is 73.8 Å². The zero-order chi connectivity index (χ0) is 23.9. The monoisotopic (exact) mass is 444 g/mol. The fourth-order valence-electron chi connectivity index (χ4n) is 3.70. The molecule has 0 saturated heterocycles. The van der Waals surface area contributed by atoms with Crippen LogP contribution in [-0.2, 0) is 0 Å². The van der Waals surface area contributed by atoms with Crippen LogP contribution < -0.4 is 9.47 Å². The van der Waals surface area contributed by atoms with Crippen LogP contribution in [0.1, 0.15) is 33.4 Å². The molecule has 0 aromatic heterocycles. The van der Waals surface area contributed by atoms with E-state index in [1.165, 1.54) is 11.1 Å². The molecule has 2 nitrogen and oxygen atoms in total. The van der Waals surface area contributed by atoms with Crippen LogP contribution >= 0.6 is 0 Å². The molecule has 2 heteroatoms. The zero-order valence-electron chi connectivity index (χ0n) is 20.1. The normalized spacial score (nSPS) is 10.1. The van der Waals surface area contributed by atoms with Crippen LogP contribution in [0.25, 0.3) is 11.1 Å². The summed E-state index contributed by atoms with van der Waals surface area (Å²) >= 11 is 0. The van der Waals surface area contributed by atoms with Crippen LogP contribution in [0.5, 0.6) is 11.5 Å². The summed E-state index contributed by atoms with van der Waals surface area (Å²) in [6, 6.07) is 33.1. The number of methoxy groups -OCH3 is 2. The Morgan fingerprint density at radius 3 is 0.971 bits per heavy atom. The third-order valence-corrected chi connectivity index (χ3v) is 5.75. The highest BCUT2D eigenvalue weighted by Gasteiger charge is 2.08. The Morgan fingerprint density at radius 2 is 0.706 bits per heavy atom. The van der Waals surface area contributed by atoms with E-state index in [0.29, 0.717) is 0 Å². The van der Waals surface area contributed by atoms with Crippen LogP contribution in [0, 0.1) is 13.8 Å². The number of benzene rings is 4. The van der Waals surface area contributed by atoms with Crippen molar-refractivity contribution >= 4 is 11.1 Å². The van der Waals surface area contributed by atoms with Gasteiger partial charge in [-0.05, 0) is 60.4 Å². The van der Waals surface area contributed by atoms with Crippen LogP contribution in [-0.4, -0.2) is 14.2 Å². The Kier molecular flexibility index (Phi) is 7.16. The van der Waals surface area contributed by atoms with Crippen LogP contribution in [0.2, 0.25) is 0 Å². The SMILES string of the molecule is COc1ccc(C(=C=C=C(c2ccc(C)cc2)c2ccc(C)cc2)c2ccc(OC)cc2)cc1. The highest BCUT2D eigenvalue weighted by molar-refractivity contribution is 5.83. The van der Waals surface area contributed by atoms with Gasteiger partial charge in [-0.2, -0.15) is 0 Å². The average Bonchev–Trinajstić information content (AvgIpc) is 2.88. The van der Waals surface area contributed by atoms with Gasteiger partial charge in [0.15, 0.2) is 0 Å².